The Kier molecular flexibility index (Phi) is 4.28. The molecule has 3 nitrogen and oxygen atoms in total. The summed E-state index contributed by atoms with van der Waals surface area (Å²) in [6, 6.07) is 5.37. The topological polar surface area (TPSA) is 55.1 Å². The first kappa shape index (κ1) is 15.5. The molecule has 0 saturated carbocycles. The molecule has 1 aromatic rings. The molecule has 0 heterocycles. The van der Waals surface area contributed by atoms with E-state index in [9.17, 15) is 4.79 Å². The Morgan fingerprint density at radius 3 is 2.26 bits per heavy atom. The van der Waals surface area contributed by atoms with Gasteiger partial charge in [-0.25, -0.2) is 0 Å². The summed E-state index contributed by atoms with van der Waals surface area (Å²) in [5.41, 5.74) is 7.93. The smallest absolute Gasteiger partial charge is 0.251 e. The summed E-state index contributed by atoms with van der Waals surface area (Å²) >= 11 is 0. The van der Waals surface area contributed by atoms with Gasteiger partial charge in [0, 0.05) is 16.8 Å². The minimum Gasteiger partial charge on any atom is -0.399 e. The standard InChI is InChI=1S/C16H26N2O/c1-11-9-12(17)7-8-13(11)14(19)18-16(5,6)10-15(2,3)4/h7-9H,10,17H2,1-6H3,(H,18,19). The summed E-state index contributed by atoms with van der Waals surface area (Å²) in [5, 5.41) is 3.11. The van der Waals surface area contributed by atoms with Crippen LogP contribution < -0.4 is 11.1 Å². The number of anilines is 1. The van der Waals surface area contributed by atoms with Crippen LogP contribution >= 0.6 is 0 Å². The van der Waals surface area contributed by atoms with Gasteiger partial charge in [0.25, 0.3) is 5.91 Å². The molecule has 0 saturated heterocycles. The van der Waals surface area contributed by atoms with E-state index in [0.717, 1.165) is 12.0 Å². The first-order valence-corrected chi connectivity index (χ1v) is 6.69. The predicted octanol–water partition coefficient (Wildman–Crippen LogP) is 3.52. The van der Waals surface area contributed by atoms with Crippen LogP contribution in [0.4, 0.5) is 5.69 Å². The van der Waals surface area contributed by atoms with E-state index in [4.69, 9.17) is 5.73 Å². The van der Waals surface area contributed by atoms with Crippen LogP contribution in [0.5, 0.6) is 0 Å². The summed E-state index contributed by atoms with van der Waals surface area (Å²) < 4.78 is 0. The Bertz CT molecular complexity index is 470. The Hall–Kier alpha value is -1.51. The van der Waals surface area contributed by atoms with E-state index in [-0.39, 0.29) is 16.9 Å². The fourth-order valence-corrected chi connectivity index (χ4v) is 2.69. The van der Waals surface area contributed by atoms with Gasteiger partial charge in [0.05, 0.1) is 0 Å². The van der Waals surface area contributed by atoms with Crippen LogP contribution in [0.15, 0.2) is 18.2 Å². The van der Waals surface area contributed by atoms with Crippen LogP contribution in [-0.2, 0) is 0 Å². The number of hydrogen-bond donors (Lipinski definition) is 2. The monoisotopic (exact) mass is 262 g/mol. The van der Waals surface area contributed by atoms with E-state index in [1.54, 1.807) is 12.1 Å². The molecule has 0 radical (unpaired) electrons. The lowest BCUT2D eigenvalue weighted by atomic mass is 9.81. The first-order valence-electron chi connectivity index (χ1n) is 6.69. The van der Waals surface area contributed by atoms with Crippen molar-refractivity contribution in [3.63, 3.8) is 0 Å². The lowest BCUT2D eigenvalue weighted by Gasteiger charge is -2.33. The fourth-order valence-electron chi connectivity index (χ4n) is 2.69. The molecule has 0 unspecified atom stereocenters. The van der Waals surface area contributed by atoms with Gasteiger partial charge in [-0.05, 0) is 56.4 Å². The maximum atomic E-state index is 12.3. The van der Waals surface area contributed by atoms with Gasteiger partial charge >= 0.3 is 0 Å². The van der Waals surface area contributed by atoms with Crippen molar-refractivity contribution >= 4 is 11.6 Å². The zero-order chi connectivity index (χ0) is 14.8. The van der Waals surface area contributed by atoms with Gasteiger partial charge < -0.3 is 11.1 Å². The molecule has 0 aliphatic heterocycles. The van der Waals surface area contributed by atoms with Gasteiger partial charge in [-0.3, -0.25) is 4.79 Å². The summed E-state index contributed by atoms with van der Waals surface area (Å²) in [6.45, 7) is 12.5. The molecule has 0 aromatic heterocycles. The Morgan fingerprint density at radius 2 is 1.79 bits per heavy atom. The number of rotatable bonds is 3. The number of nitrogens with two attached hydrogens (primary N) is 1. The molecule has 1 amide bonds. The average molecular weight is 262 g/mol. The number of carbonyl (C=O) groups is 1. The SMILES string of the molecule is Cc1cc(N)ccc1C(=O)NC(C)(C)CC(C)(C)C. The largest absolute Gasteiger partial charge is 0.399 e. The number of benzene rings is 1. The first-order chi connectivity index (χ1) is 8.50. The molecule has 0 fully saturated rings. The number of aryl methyl sites for hydroxylation is 1. The van der Waals surface area contributed by atoms with E-state index in [1.165, 1.54) is 0 Å². The third-order valence-corrected chi connectivity index (χ3v) is 2.92. The normalized spacial score (nSPS) is 12.3. The summed E-state index contributed by atoms with van der Waals surface area (Å²) in [7, 11) is 0. The highest BCUT2D eigenvalue weighted by Crippen LogP contribution is 2.27. The highest BCUT2D eigenvalue weighted by Gasteiger charge is 2.27. The highest BCUT2D eigenvalue weighted by molar-refractivity contribution is 5.96. The molecule has 1 rings (SSSR count). The number of nitrogen functional groups attached to an aromatic ring is 1. The summed E-state index contributed by atoms with van der Waals surface area (Å²) in [5.74, 6) is -0.0354. The van der Waals surface area contributed by atoms with Crippen LogP contribution in [0.3, 0.4) is 0 Å². The van der Waals surface area contributed by atoms with Gasteiger partial charge in [-0.2, -0.15) is 0 Å². The molecule has 0 bridgehead atoms. The zero-order valence-electron chi connectivity index (χ0n) is 12.9. The van der Waals surface area contributed by atoms with Crippen molar-refractivity contribution in [2.45, 2.75) is 53.5 Å². The van der Waals surface area contributed by atoms with Crippen LogP contribution in [0.2, 0.25) is 0 Å². The molecule has 0 atom stereocenters. The van der Waals surface area contributed by atoms with Gasteiger partial charge in [-0.1, -0.05) is 20.8 Å². The minimum absolute atomic E-state index is 0.0354. The quantitative estimate of drug-likeness (QED) is 0.819. The molecule has 3 heteroatoms. The predicted molar refractivity (Wildman–Crippen MR) is 81.2 cm³/mol. The van der Waals surface area contributed by atoms with E-state index in [0.29, 0.717) is 11.3 Å². The van der Waals surface area contributed by atoms with Crippen molar-refractivity contribution in [1.29, 1.82) is 0 Å². The lowest BCUT2D eigenvalue weighted by molar-refractivity contribution is 0.0891. The van der Waals surface area contributed by atoms with E-state index in [1.807, 2.05) is 13.0 Å². The van der Waals surface area contributed by atoms with Gasteiger partial charge in [0.15, 0.2) is 0 Å². The van der Waals surface area contributed by atoms with E-state index in [2.05, 4.69) is 39.9 Å². The second-order valence-electron chi connectivity index (χ2n) is 7.15. The van der Waals surface area contributed by atoms with Crippen molar-refractivity contribution in [3.05, 3.63) is 29.3 Å². The summed E-state index contributed by atoms with van der Waals surface area (Å²) in [4.78, 5) is 12.3. The van der Waals surface area contributed by atoms with Crippen molar-refractivity contribution in [2.24, 2.45) is 5.41 Å². The van der Waals surface area contributed by atoms with Crippen LogP contribution in [-0.4, -0.2) is 11.4 Å². The minimum atomic E-state index is -0.233. The lowest BCUT2D eigenvalue weighted by Crippen LogP contribution is -2.46. The molecular weight excluding hydrogens is 236 g/mol. The second-order valence-corrected chi connectivity index (χ2v) is 7.15. The third kappa shape index (κ3) is 4.93. The van der Waals surface area contributed by atoms with Gasteiger partial charge in [0.1, 0.15) is 0 Å². The van der Waals surface area contributed by atoms with E-state index >= 15 is 0 Å². The van der Waals surface area contributed by atoms with E-state index < -0.39 is 0 Å². The number of amides is 1. The van der Waals surface area contributed by atoms with Crippen LogP contribution in [0.25, 0.3) is 0 Å². The molecule has 106 valence electrons. The Morgan fingerprint density at radius 1 is 1.21 bits per heavy atom. The molecule has 19 heavy (non-hydrogen) atoms. The van der Waals surface area contributed by atoms with Gasteiger partial charge in [-0.15, -0.1) is 0 Å². The molecule has 0 spiro atoms. The Balaban J connectivity index is 2.84. The van der Waals surface area contributed by atoms with Crippen molar-refractivity contribution < 1.29 is 4.79 Å². The van der Waals surface area contributed by atoms with Crippen LogP contribution in [0.1, 0.15) is 57.0 Å². The highest BCUT2D eigenvalue weighted by atomic mass is 16.1. The molecular formula is C16H26N2O. The Labute approximate surface area is 116 Å². The number of nitrogens with one attached hydrogen (secondary N) is 1. The fraction of sp³-hybridized carbons (Fsp3) is 0.562. The van der Waals surface area contributed by atoms with Crippen molar-refractivity contribution in [1.82, 2.24) is 5.32 Å². The molecule has 1 aromatic carbocycles. The zero-order valence-corrected chi connectivity index (χ0v) is 12.9. The maximum Gasteiger partial charge on any atom is 0.251 e. The van der Waals surface area contributed by atoms with Crippen molar-refractivity contribution in [3.8, 4) is 0 Å². The second kappa shape index (κ2) is 5.24. The van der Waals surface area contributed by atoms with Crippen molar-refractivity contribution in [2.75, 3.05) is 5.73 Å². The molecule has 3 N–H and O–H groups in total. The van der Waals surface area contributed by atoms with Gasteiger partial charge in [0.2, 0.25) is 0 Å². The molecule has 0 aliphatic rings. The average Bonchev–Trinajstić information content (AvgIpc) is 2.11. The molecule has 0 aliphatic carbocycles. The number of hydrogen-bond acceptors (Lipinski definition) is 2. The number of carbonyl (C=O) groups excluding carboxylic acids is 1. The maximum absolute atomic E-state index is 12.3. The van der Waals surface area contributed by atoms with Crippen LogP contribution in [0, 0.1) is 12.3 Å². The summed E-state index contributed by atoms with van der Waals surface area (Å²) in [6.07, 6.45) is 0.916. The third-order valence-electron chi connectivity index (χ3n) is 2.92.